The summed E-state index contributed by atoms with van der Waals surface area (Å²) in [6.45, 7) is 6.67. The molecule has 4 rings (SSSR count). The quantitative estimate of drug-likeness (QED) is 0.218. The number of aliphatic carboxylic acids is 1. The lowest BCUT2D eigenvalue weighted by Crippen LogP contribution is -2.27. The smallest absolute Gasteiger partial charge is 0.319 e. The summed E-state index contributed by atoms with van der Waals surface area (Å²) in [5.74, 6) is -0.217. The molecule has 4 aromatic rings. The summed E-state index contributed by atoms with van der Waals surface area (Å²) < 4.78 is 1.64. The first-order valence-electron chi connectivity index (χ1n) is 11.5. The predicted octanol–water partition coefficient (Wildman–Crippen LogP) is 5.96. The van der Waals surface area contributed by atoms with E-state index in [1.165, 1.54) is 23.1 Å². The number of thiazole rings is 1. The second kappa shape index (κ2) is 12.7. The number of carboxylic acid groups (broad SMARTS) is 1. The molecule has 1 aromatic carbocycles. The molecule has 0 saturated heterocycles. The first-order valence-corrected chi connectivity index (χ1v) is 13.5. The van der Waals surface area contributed by atoms with Crippen molar-refractivity contribution in [2.75, 3.05) is 11.4 Å². The predicted molar refractivity (Wildman–Crippen MR) is 152 cm³/mol. The molecule has 37 heavy (non-hydrogen) atoms. The van der Waals surface area contributed by atoms with Crippen LogP contribution >= 0.6 is 47.1 Å². The summed E-state index contributed by atoms with van der Waals surface area (Å²) >= 11 is 8.74. The monoisotopic (exact) mass is 578 g/mol. The number of hydrogen-bond donors (Lipinski definition) is 1. The summed E-state index contributed by atoms with van der Waals surface area (Å²) in [6.07, 6.45) is 9.10. The van der Waals surface area contributed by atoms with Gasteiger partial charge in [0.15, 0.2) is 4.34 Å². The molecule has 0 radical (unpaired) electrons. The normalized spacial score (nSPS) is 11.2. The number of thioether (sulfide) groups is 1. The van der Waals surface area contributed by atoms with E-state index in [0.717, 1.165) is 33.3 Å². The molecule has 0 aliphatic heterocycles. The standard InChI is InChI=1S/C25H27ClN6O2S2.ClH/c1-4-17-11-27-23(28-12-17)31(10-9-20-16-35-24(30-20)36-25(2,3)22(33)34)14-18-13-29-32(15-18)21-7-5-19(26)6-8-21;/h5-8,11-13,15-16H,4,9-10,14H2,1-3H3,(H,33,34);1H. The number of hydrogen-bond acceptors (Lipinski definition) is 8. The average Bonchev–Trinajstić information content (AvgIpc) is 3.51. The minimum Gasteiger partial charge on any atom is -0.480 e. The van der Waals surface area contributed by atoms with Crippen molar-refractivity contribution in [2.24, 2.45) is 0 Å². The van der Waals surface area contributed by atoms with Crippen molar-refractivity contribution in [1.82, 2.24) is 24.7 Å². The third-order valence-corrected chi connectivity index (χ3v) is 7.93. The van der Waals surface area contributed by atoms with Gasteiger partial charge in [0.2, 0.25) is 5.95 Å². The van der Waals surface area contributed by atoms with Crippen LogP contribution in [0.4, 0.5) is 5.95 Å². The summed E-state index contributed by atoms with van der Waals surface area (Å²) in [5.41, 5.74) is 3.94. The molecule has 196 valence electrons. The second-order valence-electron chi connectivity index (χ2n) is 8.71. The SMILES string of the molecule is CCc1cnc(N(CCc2csc(SC(C)(C)C(=O)O)n2)Cc2cnn(-c3ccc(Cl)cc3)c2)nc1.Cl. The summed E-state index contributed by atoms with van der Waals surface area (Å²) in [4.78, 5) is 27.4. The van der Waals surface area contributed by atoms with Gasteiger partial charge in [-0.15, -0.1) is 23.7 Å². The molecule has 3 heterocycles. The Balaban J connectivity index is 0.00000380. The van der Waals surface area contributed by atoms with Gasteiger partial charge in [-0.05, 0) is 50.1 Å². The van der Waals surface area contributed by atoms with Crippen molar-refractivity contribution in [1.29, 1.82) is 0 Å². The molecule has 1 N–H and O–H groups in total. The van der Waals surface area contributed by atoms with Gasteiger partial charge in [-0.3, -0.25) is 4.79 Å². The van der Waals surface area contributed by atoms with Crippen molar-refractivity contribution in [2.45, 2.75) is 49.2 Å². The van der Waals surface area contributed by atoms with Crippen LogP contribution in [-0.4, -0.2) is 47.1 Å². The first-order chi connectivity index (χ1) is 17.2. The maximum absolute atomic E-state index is 11.5. The molecule has 0 unspecified atom stereocenters. The van der Waals surface area contributed by atoms with E-state index in [-0.39, 0.29) is 12.4 Å². The molecule has 0 bridgehead atoms. The minimum atomic E-state index is -0.930. The van der Waals surface area contributed by atoms with Gasteiger partial charge >= 0.3 is 5.97 Å². The lowest BCUT2D eigenvalue weighted by Gasteiger charge is -2.21. The van der Waals surface area contributed by atoms with Crippen LogP contribution in [0.1, 0.15) is 37.6 Å². The number of aromatic nitrogens is 5. The zero-order chi connectivity index (χ0) is 25.7. The molecular weight excluding hydrogens is 551 g/mol. The zero-order valence-electron chi connectivity index (χ0n) is 20.7. The van der Waals surface area contributed by atoms with E-state index in [2.05, 4.69) is 31.9 Å². The van der Waals surface area contributed by atoms with E-state index >= 15 is 0 Å². The Hall–Kier alpha value is -2.66. The van der Waals surface area contributed by atoms with Gasteiger partial charge in [0.05, 0.1) is 17.6 Å². The van der Waals surface area contributed by atoms with Crippen molar-refractivity contribution in [3.63, 3.8) is 0 Å². The van der Waals surface area contributed by atoms with Crippen LogP contribution in [0.25, 0.3) is 5.69 Å². The third-order valence-electron chi connectivity index (χ3n) is 5.51. The van der Waals surface area contributed by atoms with Gasteiger partial charge in [-0.1, -0.05) is 30.3 Å². The van der Waals surface area contributed by atoms with Crippen molar-refractivity contribution in [3.8, 4) is 5.69 Å². The summed E-state index contributed by atoms with van der Waals surface area (Å²) in [7, 11) is 0. The van der Waals surface area contributed by atoms with Crippen LogP contribution in [0.2, 0.25) is 5.02 Å². The van der Waals surface area contributed by atoms with Crippen LogP contribution in [0.15, 0.2) is 58.8 Å². The molecule has 0 spiro atoms. The molecule has 0 saturated carbocycles. The zero-order valence-corrected chi connectivity index (χ0v) is 23.9. The van der Waals surface area contributed by atoms with Gasteiger partial charge in [-0.2, -0.15) is 5.10 Å². The summed E-state index contributed by atoms with van der Waals surface area (Å²) in [5, 5.41) is 16.6. The van der Waals surface area contributed by atoms with Crippen LogP contribution in [0, 0.1) is 0 Å². The molecule has 0 amide bonds. The van der Waals surface area contributed by atoms with Crippen LogP contribution in [-0.2, 0) is 24.2 Å². The Kier molecular flexibility index (Phi) is 9.94. The maximum atomic E-state index is 11.5. The fourth-order valence-electron chi connectivity index (χ4n) is 3.30. The molecule has 8 nitrogen and oxygen atoms in total. The number of nitrogens with zero attached hydrogens (tertiary/aromatic N) is 6. The largest absolute Gasteiger partial charge is 0.480 e. The number of carboxylic acids is 1. The van der Waals surface area contributed by atoms with E-state index < -0.39 is 10.7 Å². The van der Waals surface area contributed by atoms with E-state index in [1.807, 2.05) is 59.1 Å². The van der Waals surface area contributed by atoms with E-state index in [9.17, 15) is 9.90 Å². The Bertz CT molecular complexity index is 1310. The van der Waals surface area contributed by atoms with Crippen LogP contribution in [0.5, 0.6) is 0 Å². The van der Waals surface area contributed by atoms with E-state index in [0.29, 0.717) is 30.5 Å². The van der Waals surface area contributed by atoms with Gasteiger partial charge in [0, 0.05) is 54.1 Å². The summed E-state index contributed by atoms with van der Waals surface area (Å²) in [6, 6.07) is 7.52. The average molecular weight is 580 g/mol. The van der Waals surface area contributed by atoms with Crippen molar-refractivity contribution >= 4 is 59.0 Å². The molecule has 0 atom stereocenters. The molecule has 0 fully saturated rings. The lowest BCUT2D eigenvalue weighted by atomic mass is 10.2. The highest BCUT2D eigenvalue weighted by Gasteiger charge is 2.29. The number of aryl methyl sites for hydroxylation is 1. The van der Waals surface area contributed by atoms with Crippen molar-refractivity contribution in [3.05, 3.63) is 76.3 Å². The number of carbonyl (C=O) groups is 1. The number of rotatable bonds is 11. The maximum Gasteiger partial charge on any atom is 0.319 e. The Labute approximate surface area is 235 Å². The molecular formula is C25H28Cl2N6O2S2. The first kappa shape index (κ1) is 28.9. The second-order valence-corrected chi connectivity index (χ2v) is 11.9. The highest BCUT2D eigenvalue weighted by Crippen LogP contribution is 2.34. The van der Waals surface area contributed by atoms with Crippen LogP contribution in [0.3, 0.4) is 0 Å². The topological polar surface area (TPSA) is 97.0 Å². The fourth-order valence-corrected chi connectivity index (χ4v) is 5.65. The van der Waals surface area contributed by atoms with Crippen molar-refractivity contribution < 1.29 is 9.90 Å². The van der Waals surface area contributed by atoms with Crippen LogP contribution < -0.4 is 4.90 Å². The van der Waals surface area contributed by atoms with Gasteiger partial charge in [0.25, 0.3) is 0 Å². The molecule has 0 aliphatic rings. The van der Waals surface area contributed by atoms with Gasteiger partial charge in [0.1, 0.15) is 4.75 Å². The number of anilines is 1. The number of benzene rings is 1. The van der Waals surface area contributed by atoms with E-state index in [1.54, 1.807) is 13.8 Å². The molecule has 0 aliphatic carbocycles. The third kappa shape index (κ3) is 7.67. The van der Waals surface area contributed by atoms with Gasteiger partial charge < -0.3 is 10.0 Å². The Morgan fingerprint density at radius 2 is 1.86 bits per heavy atom. The highest BCUT2D eigenvalue weighted by molar-refractivity contribution is 8.03. The van der Waals surface area contributed by atoms with E-state index in [4.69, 9.17) is 11.6 Å². The Morgan fingerprint density at radius 1 is 1.16 bits per heavy atom. The minimum absolute atomic E-state index is 0. The van der Waals surface area contributed by atoms with Gasteiger partial charge in [-0.25, -0.2) is 19.6 Å². The molecule has 12 heteroatoms. The lowest BCUT2D eigenvalue weighted by molar-refractivity contribution is -0.138. The molecule has 3 aromatic heterocycles. The number of halogens is 2. The Morgan fingerprint density at radius 3 is 2.51 bits per heavy atom. The fraction of sp³-hybridized carbons (Fsp3) is 0.320. The highest BCUT2D eigenvalue weighted by atomic mass is 35.5.